The molecule has 0 N–H and O–H groups in total. The number of rotatable bonds is 18. The Bertz CT molecular complexity index is 406. The van der Waals surface area contributed by atoms with Crippen molar-refractivity contribution >= 4 is 15.8 Å². The van der Waals surface area contributed by atoms with E-state index in [1.165, 1.54) is 77.0 Å². The average molecular weight is 561 g/mol. The number of hydrogen-bond acceptors (Lipinski definition) is 0. The molecule has 0 saturated heterocycles. The quantitative estimate of drug-likeness (QED) is 0.0676. The van der Waals surface area contributed by atoms with Crippen molar-refractivity contribution in [3.63, 3.8) is 0 Å². The SMILES string of the molecule is CCCCP(CCCC)CCCC.CCCCP(CCCC)CCCC.[C-]#CC#C.[C-]#CC#C.[Ni+2]. The standard InChI is InChI=1S/2C12H27P.2C4H.Ni/c2*1-4-7-10-13(11-8-5-2)12-9-6-3;2*1-3-4-2;/h2*4-12H2,1-3H3;2*1H;/q;;2*-1;+2. The van der Waals surface area contributed by atoms with Gasteiger partial charge in [-0.25, -0.2) is 12.8 Å². The fraction of sp³-hybridized carbons (Fsp3) is 0.750. The van der Waals surface area contributed by atoms with Crippen LogP contribution >= 0.6 is 15.8 Å². The third kappa shape index (κ3) is 51.2. The zero-order valence-electron chi connectivity index (χ0n) is 24.1. The Hall–Kier alpha value is -0.406. The first-order valence-corrected chi connectivity index (χ1v) is 17.5. The number of terminal acetylenes is 2. The summed E-state index contributed by atoms with van der Waals surface area (Å²) in [5.41, 5.74) is 0. The summed E-state index contributed by atoms with van der Waals surface area (Å²) in [6.07, 6.45) is 47.3. The maximum Gasteiger partial charge on any atom is 2.00 e. The number of unbranched alkanes of at least 4 members (excludes halogenated alkanes) is 6. The van der Waals surface area contributed by atoms with Crippen LogP contribution in [0.2, 0.25) is 0 Å². The van der Waals surface area contributed by atoms with Crippen LogP contribution in [0, 0.1) is 49.4 Å². The first kappa shape index (κ1) is 44.6. The van der Waals surface area contributed by atoms with Gasteiger partial charge in [0, 0.05) is 0 Å². The molecular formula is C32H56NiP2. The molecule has 35 heavy (non-hydrogen) atoms. The van der Waals surface area contributed by atoms with E-state index in [1.807, 2.05) is 11.8 Å². The molecule has 0 aliphatic heterocycles. The zero-order chi connectivity index (χ0) is 26.7. The van der Waals surface area contributed by atoms with Crippen molar-refractivity contribution in [2.75, 3.05) is 37.0 Å². The zero-order valence-corrected chi connectivity index (χ0v) is 26.9. The molecule has 0 atom stereocenters. The van der Waals surface area contributed by atoms with Crippen molar-refractivity contribution in [3.05, 3.63) is 12.8 Å². The molecule has 0 saturated carbocycles. The molecule has 0 spiro atoms. The molecule has 0 bridgehead atoms. The fourth-order valence-electron chi connectivity index (χ4n) is 2.96. The largest absolute Gasteiger partial charge is 2.00 e. The molecule has 0 radical (unpaired) electrons. The van der Waals surface area contributed by atoms with Crippen molar-refractivity contribution in [1.29, 1.82) is 0 Å². The van der Waals surface area contributed by atoms with E-state index in [-0.39, 0.29) is 16.5 Å². The Balaban J connectivity index is -0.000000128. The first-order chi connectivity index (χ1) is 16.5. The molecule has 3 heteroatoms. The van der Waals surface area contributed by atoms with Gasteiger partial charge in [-0.05, 0) is 75.5 Å². The van der Waals surface area contributed by atoms with Crippen LogP contribution in [0.4, 0.5) is 0 Å². The molecule has 0 aliphatic rings. The van der Waals surface area contributed by atoms with E-state index in [2.05, 4.69) is 54.4 Å². The van der Waals surface area contributed by atoms with Crippen LogP contribution in [0.25, 0.3) is 0 Å². The van der Waals surface area contributed by atoms with Gasteiger partial charge in [0.2, 0.25) is 0 Å². The number of hydrogen-bond donors (Lipinski definition) is 0. The molecular weight excluding hydrogens is 505 g/mol. The average Bonchev–Trinajstić information content (AvgIpc) is 2.88. The Kier molecular flexibility index (Phi) is 59.7. The molecule has 204 valence electrons. The summed E-state index contributed by atoms with van der Waals surface area (Å²) in [7, 11) is 0.843. The first-order valence-electron chi connectivity index (χ1n) is 13.7. The fourth-order valence-corrected chi connectivity index (χ4v) is 8.88. The predicted octanol–water partition coefficient (Wildman–Crippen LogP) is 10.2. The van der Waals surface area contributed by atoms with Crippen LogP contribution in [0.5, 0.6) is 0 Å². The molecule has 0 aromatic carbocycles. The Morgan fingerprint density at radius 3 is 0.686 bits per heavy atom. The summed E-state index contributed by atoms with van der Waals surface area (Å²) in [6.45, 7) is 13.9. The third-order valence-corrected chi connectivity index (χ3v) is 10.8. The van der Waals surface area contributed by atoms with Crippen LogP contribution in [-0.2, 0) is 16.5 Å². The minimum absolute atomic E-state index is 0. The minimum Gasteiger partial charge on any atom is -0.358 e. The van der Waals surface area contributed by atoms with Gasteiger partial charge in [0.15, 0.2) is 0 Å². The van der Waals surface area contributed by atoms with Crippen molar-refractivity contribution in [3.8, 4) is 36.5 Å². The monoisotopic (exact) mass is 560 g/mol. The van der Waals surface area contributed by atoms with Gasteiger partial charge < -0.3 is 12.8 Å². The van der Waals surface area contributed by atoms with Crippen molar-refractivity contribution in [2.45, 2.75) is 119 Å². The van der Waals surface area contributed by atoms with E-state index in [0.717, 1.165) is 0 Å². The summed E-state index contributed by atoms with van der Waals surface area (Å²) in [4.78, 5) is 0. The Labute approximate surface area is 236 Å². The van der Waals surface area contributed by atoms with Crippen molar-refractivity contribution in [1.82, 2.24) is 0 Å². The van der Waals surface area contributed by atoms with Crippen LogP contribution in [0.15, 0.2) is 0 Å². The van der Waals surface area contributed by atoms with E-state index in [1.54, 1.807) is 48.8 Å². The maximum atomic E-state index is 5.97. The summed E-state index contributed by atoms with van der Waals surface area (Å²) in [5.74, 6) is 7.11. The van der Waals surface area contributed by atoms with E-state index in [0.29, 0.717) is 15.8 Å². The van der Waals surface area contributed by atoms with Crippen molar-refractivity contribution in [2.24, 2.45) is 0 Å². The van der Waals surface area contributed by atoms with Gasteiger partial charge in [-0.2, -0.15) is 0 Å². The van der Waals surface area contributed by atoms with E-state index in [4.69, 9.17) is 12.8 Å². The van der Waals surface area contributed by atoms with E-state index in [9.17, 15) is 0 Å². The van der Waals surface area contributed by atoms with Gasteiger partial charge >= 0.3 is 16.5 Å². The molecule has 0 unspecified atom stereocenters. The van der Waals surface area contributed by atoms with Gasteiger partial charge in [-0.3, -0.25) is 23.7 Å². The second-order valence-electron chi connectivity index (χ2n) is 8.34. The van der Waals surface area contributed by atoms with Crippen LogP contribution in [0.3, 0.4) is 0 Å². The predicted molar refractivity (Wildman–Crippen MR) is 164 cm³/mol. The topological polar surface area (TPSA) is 0 Å². The van der Waals surface area contributed by atoms with Gasteiger partial charge in [-0.15, -0.1) is 15.8 Å². The second-order valence-corrected chi connectivity index (χ2v) is 13.7. The molecule has 0 amide bonds. The second kappa shape index (κ2) is 46.9. The third-order valence-electron chi connectivity index (χ3n) is 5.11. The Morgan fingerprint density at radius 1 is 0.457 bits per heavy atom. The minimum atomic E-state index is 0. The molecule has 0 aromatic heterocycles. The molecule has 0 fully saturated rings. The molecule has 0 heterocycles. The van der Waals surface area contributed by atoms with Gasteiger partial charge in [-0.1, -0.05) is 80.1 Å². The molecule has 0 aromatic rings. The maximum absolute atomic E-state index is 5.97. The molecule has 0 nitrogen and oxygen atoms in total. The summed E-state index contributed by atoms with van der Waals surface area (Å²) >= 11 is 0. The van der Waals surface area contributed by atoms with Gasteiger partial charge in [0.05, 0.1) is 0 Å². The van der Waals surface area contributed by atoms with Crippen molar-refractivity contribution < 1.29 is 16.5 Å². The summed E-state index contributed by atoms with van der Waals surface area (Å²) < 4.78 is 0. The van der Waals surface area contributed by atoms with Crippen LogP contribution < -0.4 is 0 Å². The molecule has 0 rings (SSSR count). The van der Waals surface area contributed by atoms with E-state index < -0.39 is 0 Å². The van der Waals surface area contributed by atoms with Crippen LogP contribution in [0.1, 0.15) is 119 Å². The smallest absolute Gasteiger partial charge is 0.358 e. The van der Waals surface area contributed by atoms with E-state index >= 15 is 0 Å². The van der Waals surface area contributed by atoms with Gasteiger partial charge in [0.25, 0.3) is 0 Å². The normalized spacial score (nSPS) is 8.80. The summed E-state index contributed by atoms with van der Waals surface area (Å²) in [5, 5.41) is 0. The summed E-state index contributed by atoms with van der Waals surface area (Å²) in [6, 6.07) is 0. The van der Waals surface area contributed by atoms with Crippen LogP contribution in [-0.4, -0.2) is 37.0 Å². The van der Waals surface area contributed by atoms with Gasteiger partial charge in [0.1, 0.15) is 0 Å². The molecule has 0 aliphatic carbocycles. The Morgan fingerprint density at radius 2 is 0.600 bits per heavy atom.